The first-order valence-electron chi connectivity index (χ1n) is 5.93. The molecule has 1 aromatic carbocycles. The van der Waals surface area contributed by atoms with Gasteiger partial charge in [0, 0.05) is 12.2 Å². The summed E-state index contributed by atoms with van der Waals surface area (Å²) in [7, 11) is 0. The molecule has 2 N–H and O–H groups in total. The Kier molecular flexibility index (Phi) is 3.75. The Bertz CT molecular complexity index is 611. The van der Waals surface area contributed by atoms with E-state index in [9.17, 15) is 4.79 Å². The average molecular weight is 257 g/mol. The van der Waals surface area contributed by atoms with Gasteiger partial charge in [-0.25, -0.2) is 14.8 Å². The number of hydrogen-bond acceptors (Lipinski definition) is 4. The third kappa shape index (κ3) is 3.28. The first-order chi connectivity index (χ1) is 9.06. The fourth-order valence-electron chi connectivity index (χ4n) is 1.74. The lowest BCUT2D eigenvalue weighted by Gasteiger charge is -2.08. The van der Waals surface area contributed by atoms with Crippen molar-refractivity contribution in [3.05, 3.63) is 52.8 Å². The van der Waals surface area contributed by atoms with Crippen LogP contribution in [0.25, 0.3) is 0 Å². The number of nitrogens with zero attached hydrogens (tertiary/aromatic N) is 2. The summed E-state index contributed by atoms with van der Waals surface area (Å²) < 4.78 is 0. The van der Waals surface area contributed by atoms with Gasteiger partial charge < -0.3 is 10.4 Å². The van der Waals surface area contributed by atoms with Gasteiger partial charge in [0.1, 0.15) is 0 Å². The van der Waals surface area contributed by atoms with Crippen molar-refractivity contribution in [3.8, 4) is 0 Å². The van der Waals surface area contributed by atoms with Gasteiger partial charge in [-0.1, -0.05) is 24.3 Å². The summed E-state index contributed by atoms with van der Waals surface area (Å²) in [6.07, 6.45) is 0. The van der Waals surface area contributed by atoms with Crippen LogP contribution in [-0.4, -0.2) is 21.0 Å². The summed E-state index contributed by atoms with van der Waals surface area (Å²) in [5.41, 5.74) is 2.92. The molecular weight excluding hydrogens is 242 g/mol. The molecule has 19 heavy (non-hydrogen) atoms. The highest BCUT2D eigenvalue weighted by Crippen LogP contribution is 2.10. The number of nitrogens with one attached hydrogen (secondary N) is 1. The van der Waals surface area contributed by atoms with Crippen LogP contribution < -0.4 is 5.32 Å². The zero-order chi connectivity index (χ0) is 13.8. The smallest absolute Gasteiger partial charge is 0.354 e. The molecule has 0 aliphatic rings. The second-order valence-electron chi connectivity index (χ2n) is 4.30. The molecule has 1 heterocycles. The quantitative estimate of drug-likeness (QED) is 0.879. The molecular formula is C14H15N3O2. The first-order valence-corrected chi connectivity index (χ1v) is 5.93. The van der Waals surface area contributed by atoms with Crippen LogP contribution in [0, 0.1) is 13.8 Å². The maximum absolute atomic E-state index is 10.9. The number of carboxylic acids is 1. The Labute approximate surface area is 111 Å². The number of aromatic nitrogens is 2. The molecule has 0 saturated heterocycles. The van der Waals surface area contributed by atoms with Crippen LogP contribution in [0.5, 0.6) is 0 Å². The molecule has 0 fully saturated rings. The molecule has 0 atom stereocenters. The predicted molar refractivity (Wildman–Crippen MR) is 72.2 cm³/mol. The van der Waals surface area contributed by atoms with Crippen LogP contribution in [0.3, 0.4) is 0 Å². The predicted octanol–water partition coefficient (Wildman–Crippen LogP) is 2.40. The molecule has 2 rings (SSSR count). The standard InChI is InChI=1S/C14H15N3O2/c1-9-5-3-4-6-11(9)8-15-14-16-10(2)7-12(17-14)13(18)19/h3-7H,8H2,1-2H3,(H,18,19)(H,15,16,17). The summed E-state index contributed by atoms with van der Waals surface area (Å²) in [6.45, 7) is 4.33. The number of hydrogen-bond donors (Lipinski definition) is 2. The van der Waals surface area contributed by atoms with Gasteiger partial charge in [0.2, 0.25) is 5.95 Å². The Morgan fingerprint density at radius 2 is 2.00 bits per heavy atom. The molecule has 98 valence electrons. The van der Waals surface area contributed by atoms with E-state index < -0.39 is 5.97 Å². The van der Waals surface area contributed by atoms with Gasteiger partial charge in [0.05, 0.1) is 0 Å². The van der Waals surface area contributed by atoms with Gasteiger partial charge in [-0.05, 0) is 31.0 Å². The number of aryl methyl sites for hydroxylation is 2. The van der Waals surface area contributed by atoms with Crippen LogP contribution in [0.2, 0.25) is 0 Å². The normalized spacial score (nSPS) is 10.2. The van der Waals surface area contributed by atoms with Gasteiger partial charge >= 0.3 is 5.97 Å². The number of rotatable bonds is 4. The van der Waals surface area contributed by atoms with Crippen molar-refractivity contribution in [1.29, 1.82) is 0 Å². The van der Waals surface area contributed by atoms with E-state index in [0.717, 1.165) is 5.56 Å². The zero-order valence-electron chi connectivity index (χ0n) is 10.8. The maximum atomic E-state index is 10.9. The van der Waals surface area contributed by atoms with Crippen molar-refractivity contribution in [2.75, 3.05) is 5.32 Å². The molecule has 0 amide bonds. The van der Waals surface area contributed by atoms with Crippen LogP contribution in [0.1, 0.15) is 27.3 Å². The van der Waals surface area contributed by atoms with Crippen molar-refractivity contribution >= 4 is 11.9 Å². The summed E-state index contributed by atoms with van der Waals surface area (Å²) in [6, 6.07) is 9.42. The van der Waals surface area contributed by atoms with E-state index in [1.54, 1.807) is 6.92 Å². The van der Waals surface area contributed by atoms with Crippen molar-refractivity contribution < 1.29 is 9.90 Å². The number of carbonyl (C=O) groups is 1. The largest absolute Gasteiger partial charge is 0.477 e. The second-order valence-corrected chi connectivity index (χ2v) is 4.30. The van der Waals surface area contributed by atoms with Gasteiger partial charge in [0.15, 0.2) is 5.69 Å². The van der Waals surface area contributed by atoms with Crippen molar-refractivity contribution in [2.45, 2.75) is 20.4 Å². The molecule has 2 aromatic rings. The van der Waals surface area contributed by atoms with E-state index in [0.29, 0.717) is 18.2 Å². The van der Waals surface area contributed by atoms with E-state index >= 15 is 0 Å². The van der Waals surface area contributed by atoms with Gasteiger partial charge in [-0.2, -0.15) is 0 Å². The zero-order valence-corrected chi connectivity index (χ0v) is 10.8. The Hall–Kier alpha value is -2.43. The van der Waals surface area contributed by atoms with E-state index in [2.05, 4.69) is 15.3 Å². The maximum Gasteiger partial charge on any atom is 0.354 e. The highest BCUT2D eigenvalue weighted by Gasteiger charge is 2.08. The van der Waals surface area contributed by atoms with E-state index in [1.165, 1.54) is 11.6 Å². The first kappa shape index (κ1) is 13.0. The summed E-state index contributed by atoms with van der Waals surface area (Å²) >= 11 is 0. The van der Waals surface area contributed by atoms with E-state index in [-0.39, 0.29) is 5.69 Å². The fourth-order valence-corrected chi connectivity index (χ4v) is 1.74. The van der Waals surface area contributed by atoms with Crippen LogP contribution in [0.4, 0.5) is 5.95 Å². The molecule has 0 saturated carbocycles. The number of anilines is 1. The molecule has 0 spiro atoms. The molecule has 0 radical (unpaired) electrons. The molecule has 0 aliphatic carbocycles. The topological polar surface area (TPSA) is 75.1 Å². The highest BCUT2D eigenvalue weighted by molar-refractivity contribution is 5.85. The van der Waals surface area contributed by atoms with E-state index in [4.69, 9.17) is 5.11 Å². The highest BCUT2D eigenvalue weighted by atomic mass is 16.4. The number of benzene rings is 1. The minimum atomic E-state index is -1.05. The fraction of sp³-hybridized carbons (Fsp3) is 0.214. The minimum absolute atomic E-state index is 0.000200. The minimum Gasteiger partial charge on any atom is -0.477 e. The van der Waals surface area contributed by atoms with Crippen LogP contribution >= 0.6 is 0 Å². The van der Waals surface area contributed by atoms with Gasteiger partial charge in [0.25, 0.3) is 0 Å². The van der Waals surface area contributed by atoms with Crippen molar-refractivity contribution in [1.82, 2.24) is 9.97 Å². The SMILES string of the molecule is Cc1cc(C(=O)O)nc(NCc2ccccc2C)n1. The average Bonchev–Trinajstić information content (AvgIpc) is 2.37. The third-order valence-corrected chi connectivity index (χ3v) is 2.77. The third-order valence-electron chi connectivity index (χ3n) is 2.77. The Morgan fingerprint density at radius 1 is 1.26 bits per heavy atom. The Balaban J connectivity index is 2.16. The van der Waals surface area contributed by atoms with Gasteiger partial charge in [-0.15, -0.1) is 0 Å². The molecule has 0 unspecified atom stereocenters. The lowest BCUT2D eigenvalue weighted by Crippen LogP contribution is -2.09. The number of aromatic carboxylic acids is 1. The van der Waals surface area contributed by atoms with Crippen LogP contribution in [0.15, 0.2) is 30.3 Å². The Morgan fingerprint density at radius 3 is 2.68 bits per heavy atom. The molecule has 0 aliphatic heterocycles. The molecule has 0 bridgehead atoms. The molecule has 5 nitrogen and oxygen atoms in total. The summed E-state index contributed by atoms with van der Waals surface area (Å²) in [5, 5.41) is 12.0. The molecule has 1 aromatic heterocycles. The lowest BCUT2D eigenvalue weighted by atomic mass is 10.1. The van der Waals surface area contributed by atoms with Crippen molar-refractivity contribution in [3.63, 3.8) is 0 Å². The number of carboxylic acid groups (broad SMARTS) is 1. The summed E-state index contributed by atoms with van der Waals surface area (Å²) in [4.78, 5) is 19.0. The summed E-state index contributed by atoms with van der Waals surface area (Å²) in [5.74, 6) is -0.718. The van der Waals surface area contributed by atoms with E-state index in [1.807, 2.05) is 31.2 Å². The lowest BCUT2D eigenvalue weighted by molar-refractivity contribution is 0.0690. The second kappa shape index (κ2) is 5.48. The van der Waals surface area contributed by atoms with Gasteiger partial charge in [-0.3, -0.25) is 0 Å². The van der Waals surface area contributed by atoms with Crippen molar-refractivity contribution in [2.24, 2.45) is 0 Å². The van der Waals surface area contributed by atoms with Crippen LogP contribution in [-0.2, 0) is 6.54 Å². The molecule has 5 heteroatoms. The monoisotopic (exact) mass is 257 g/mol.